The van der Waals surface area contributed by atoms with E-state index in [4.69, 9.17) is 0 Å². The summed E-state index contributed by atoms with van der Waals surface area (Å²) in [6.07, 6.45) is 8.15. The van der Waals surface area contributed by atoms with Crippen LogP contribution in [0, 0.1) is 5.92 Å². The number of carbonyl (C=O) groups excluding carboxylic acids is 2. The van der Waals surface area contributed by atoms with E-state index in [0.717, 1.165) is 12.3 Å². The first-order chi connectivity index (χ1) is 9.22. The van der Waals surface area contributed by atoms with Crippen LogP contribution in [-0.2, 0) is 14.3 Å². The van der Waals surface area contributed by atoms with E-state index < -0.39 is 0 Å². The molecule has 0 aromatic rings. The molecule has 0 unspecified atom stereocenters. The minimum absolute atomic E-state index is 0.0651. The lowest BCUT2D eigenvalue weighted by Gasteiger charge is -2.20. The number of hydrogen-bond donors (Lipinski definition) is 2. The van der Waals surface area contributed by atoms with Crippen LogP contribution in [0.2, 0.25) is 0 Å². The van der Waals surface area contributed by atoms with Crippen LogP contribution >= 0.6 is 0 Å². The fraction of sp³-hybridized carbons (Fsp3) is 0.857. The van der Waals surface area contributed by atoms with Crippen molar-refractivity contribution in [1.82, 2.24) is 10.6 Å². The van der Waals surface area contributed by atoms with E-state index in [2.05, 4.69) is 15.4 Å². The molecule has 1 aliphatic rings. The normalized spacial score (nSPS) is 16.1. The monoisotopic (exact) mass is 270 g/mol. The second-order valence-electron chi connectivity index (χ2n) is 5.18. The molecule has 0 aromatic carbocycles. The summed E-state index contributed by atoms with van der Waals surface area (Å²) in [5, 5.41) is 5.49. The van der Waals surface area contributed by atoms with Crippen molar-refractivity contribution >= 4 is 11.8 Å². The van der Waals surface area contributed by atoms with E-state index in [1.807, 2.05) is 0 Å². The third-order valence-electron chi connectivity index (χ3n) is 3.55. The van der Waals surface area contributed by atoms with Gasteiger partial charge in [0.25, 0.3) is 0 Å². The summed E-state index contributed by atoms with van der Waals surface area (Å²) in [4.78, 5) is 22.7. The highest BCUT2D eigenvalue weighted by atomic mass is 16.5. The second-order valence-corrected chi connectivity index (χ2v) is 5.18. The summed E-state index contributed by atoms with van der Waals surface area (Å²) >= 11 is 0. The SMILES string of the molecule is COCC(=O)NCCNC(=O)CCC1CCCCC1. The average Bonchev–Trinajstić information content (AvgIpc) is 2.43. The number of ether oxygens (including phenoxy) is 1. The molecule has 1 saturated carbocycles. The standard InChI is InChI=1S/C14H26N2O3/c1-19-11-14(18)16-10-9-15-13(17)8-7-12-5-3-2-4-6-12/h12H,2-11H2,1H3,(H,15,17)(H,16,18). The van der Waals surface area contributed by atoms with Gasteiger partial charge in [0.15, 0.2) is 0 Å². The Hall–Kier alpha value is -1.10. The average molecular weight is 270 g/mol. The molecule has 5 nitrogen and oxygen atoms in total. The van der Waals surface area contributed by atoms with Crippen molar-refractivity contribution in [3.05, 3.63) is 0 Å². The van der Waals surface area contributed by atoms with Gasteiger partial charge in [0.2, 0.25) is 11.8 Å². The van der Waals surface area contributed by atoms with Crippen LogP contribution in [0.15, 0.2) is 0 Å². The zero-order valence-corrected chi connectivity index (χ0v) is 11.9. The van der Waals surface area contributed by atoms with Crippen LogP contribution in [0.5, 0.6) is 0 Å². The molecule has 1 rings (SSSR count). The highest BCUT2D eigenvalue weighted by molar-refractivity contribution is 5.77. The van der Waals surface area contributed by atoms with Gasteiger partial charge in [-0.3, -0.25) is 9.59 Å². The van der Waals surface area contributed by atoms with Gasteiger partial charge in [-0.1, -0.05) is 32.1 Å². The number of carbonyl (C=O) groups is 2. The summed E-state index contributed by atoms with van der Waals surface area (Å²) in [7, 11) is 1.48. The Morgan fingerprint density at radius 3 is 2.32 bits per heavy atom. The molecular weight excluding hydrogens is 244 g/mol. The summed E-state index contributed by atoms with van der Waals surface area (Å²) in [5.41, 5.74) is 0. The lowest BCUT2D eigenvalue weighted by atomic mass is 9.86. The van der Waals surface area contributed by atoms with E-state index in [0.29, 0.717) is 19.5 Å². The highest BCUT2D eigenvalue weighted by Gasteiger charge is 2.14. The largest absolute Gasteiger partial charge is 0.375 e. The molecule has 0 saturated heterocycles. The third kappa shape index (κ3) is 7.82. The fourth-order valence-electron chi connectivity index (χ4n) is 2.49. The first-order valence-corrected chi connectivity index (χ1v) is 7.24. The molecule has 0 atom stereocenters. The molecule has 19 heavy (non-hydrogen) atoms. The van der Waals surface area contributed by atoms with Gasteiger partial charge in [-0.15, -0.1) is 0 Å². The Morgan fingerprint density at radius 1 is 1.05 bits per heavy atom. The third-order valence-corrected chi connectivity index (χ3v) is 3.55. The van der Waals surface area contributed by atoms with Gasteiger partial charge in [0.1, 0.15) is 6.61 Å². The minimum Gasteiger partial charge on any atom is -0.375 e. The van der Waals surface area contributed by atoms with E-state index in [1.54, 1.807) is 0 Å². The van der Waals surface area contributed by atoms with Crippen molar-refractivity contribution in [2.24, 2.45) is 5.92 Å². The highest BCUT2D eigenvalue weighted by Crippen LogP contribution is 2.26. The quantitative estimate of drug-likeness (QED) is 0.652. The number of amides is 2. The molecule has 0 aromatic heterocycles. The summed E-state index contributed by atoms with van der Waals surface area (Å²) in [5.74, 6) is 0.673. The maximum atomic E-state index is 11.6. The molecule has 1 aliphatic carbocycles. The molecule has 0 bridgehead atoms. The van der Waals surface area contributed by atoms with Crippen LogP contribution in [0.4, 0.5) is 0 Å². The molecule has 2 N–H and O–H groups in total. The smallest absolute Gasteiger partial charge is 0.246 e. The van der Waals surface area contributed by atoms with Crippen LogP contribution in [0.3, 0.4) is 0 Å². The van der Waals surface area contributed by atoms with Gasteiger partial charge >= 0.3 is 0 Å². The number of rotatable bonds is 8. The van der Waals surface area contributed by atoms with Crippen molar-refractivity contribution in [1.29, 1.82) is 0 Å². The molecule has 0 heterocycles. The number of nitrogens with one attached hydrogen (secondary N) is 2. The molecule has 2 amide bonds. The Morgan fingerprint density at radius 2 is 1.68 bits per heavy atom. The molecule has 5 heteroatoms. The lowest BCUT2D eigenvalue weighted by molar-refractivity contribution is -0.125. The predicted octanol–water partition coefficient (Wildman–Crippen LogP) is 1.23. The Balaban J connectivity index is 1.97. The lowest BCUT2D eigenvalue weighted by Crippen LogP contribution is -2.36. The first-order valence-electron chi connectivity index (χ1n) is 7.24. The Labute approximate surface area is 115 Å². The van der Waals surface area contributed by atoms with E-state index in [-0.39, 0.29) is 18.4 Å². The van der Waals surface area contributed by atoms with Crippen molar-refractivity contribution in [2.75, 3.05) is 26.8 Å². The van der Waals surface area contributed by atoms with Crippen molar-refractivity contribution < 1.29 is 14.3 Å². The van der Waals surface area contributed by atoms with Crippen LogP contribution in [-0.4, -0.2) is 38.6 Å². The zero-order chi connectivity index (χ0) is 13.9. The van der Waals surface area contributed by atoms with Crippen LogP contribution in [0.1, 0.15) is 44.9 Å². The Kier molecular flexibility index (Phi) is 8.21. The van der Waals surface area contributed by atoms with Crippen molar-refractivity contribution in [3.8, 4) is 0 Å². The van der Waals surface area contributed by atoms with Crippen molar-refractivity contribution in [2.45, 2.75) is 44.9 Å². The minimum atomic E-state index is -0.154. The Bertz CT molecular complexity index is 276. The summed E-state index contributed by atoms with van der Waals surface area (Å²) in [6.45, 7) is 1.01. The molecule has 110 valence electrons. The molecule has 0 spiro atoms. The molecule has 0 aliphatic heterocycles. The maximum absolute atomic E-state index is 11.6. The topological polar surface area (TPSA) is 67.4 Å². The molecule has 0 radical (unpaired) electrons. The van der Waals surface area contributed by atoms with Gasteiger partial charge < -0.3 is 15.4 Å². The van der Waals surface area contributed by atoms with Gasteiger partial charge in [0.05, 0.1) is 0 Å². The van der Waals surface area contributed by atoms with E-state index in [9.17, 15) is 9.59 Å². The van der Waals surface area contributed by atoms with Crippen LogP contribution in [0.25, 0.3) is 0 Å². The maximum Gasteiger partial charge on any atom is 0.246 e. The van der Waals surface area contributed by atoms with Crippen molar-refractivity contribution in [3.63, 3.8) is 0 Å². The first kappa shape index (κ1) is 16.0. The second kappa shape index (κ2) is 9.78. The van der Waals surface area contributed by atoms with Gasteiger partial charge in [-0.05, 0) is 12.3 Å². The van der Waals surface area contributed by atoms with Crippen LogP contribution < -0.4 is 10.6 Å². The summed E-state index contributed by atoms with van der Waals surface area (Å²) < 4.78 is 4.69. The predicted molar refractivity (Wildman–Crippen MR) is 73.7 cm³/mol. The molecular formula is C14H26N2O3. The summed E-state index contributed by atoms with van der Waals surface area (Å²) in [6, 6.07) is 0. The van der Waals surface area contributed by atoms with Gasteiger partial charge in [-0.2, -0.15) is 0 Å². The fourth-order valence-corrected chi connectivity index (χ4v) is 2.49. The van der Waals surface area contributed by atoms with E-state index in [1.165, 1.54) is 39.2 Å². The van der Waals surface area contributed by atoms with Gasteiger partial charge in [0, 0.05) is 26.6 Å². The number of hydrogen-bond acceptors (Lipinski definition) is 3. The van der Waals surface area contributed by atoms with E-state index >= 15 is 0 Å². The van der Waals surface area contributed by atoms with Gasteiger partial charge in [-0.25, -0.2) is 0 Å². The zero-order valence-electron chi connectivity index (χ0n) is 11.9. The number of methoxy groups -OCH3 is 1. The molecule has 1 fully saturated rings.